The van der Waals surface area contributed by atoms with E-state index in [4.69, 9.17) is 9.26 Å². The van der Waals surface area contributed by atoms with Crippen molar-refractivity contribution in [1.29, 1.82) is 0 Å². The summed E-state index contributed by atoms with van der Waals surface area (Å²) in [7, 11) is 1.63. The van der Waals surface area contributed by atoms with Crippen molar-refractivity contribution in [3.05, 3.63) is 36.0 Å². The number of carbonyl (C=O) groups excluding carboxylic acids is 1. The number of amides is 1. The zero-order chi connectivity index (χ0) is 15.5. The summed E-state index contributed by atoms with van der Waals surface area (Å²) in [6, 6.07) is 9.46. The van der Waals surface area contributed by atoms with Gasteiger partial charge in [-0.05, 0) is 50.5 Å². The number of carbonyl (C=O) groups is 1. The lowest BCUT2D eigenvalue weighted by Crippen LogP contribution is -2.42. The van der Waals surface area contributed by atoms with Crippen LogP contribution in [-0.2, 0) is 0 Å². The van der Waals surface area contributed by atoms with Crippen LogP contribution in [0.15, 0.2) is 34.9 Å². The number of hydrogen-bond acceptors (Lipinski definition) is 4. The molecule has 0 saturated carbocycles. The predicted molar refractivity (Wildman–Crippen MR) is 82.8 cm³/mol. The second-order valence-corrected chi connectivity index (χ2v) is 5.65. The lowest BCUT2D eigenvalue weighted by molar-refractivity contribution is 0.0625. The Morgan fingerprint density at radius 1 is 1.32 bits per heavy atom. The molecule has 1 aliphatic rings. The lowest BCUT2D eigenvalue weighted by Gasteiger charge is -2.32. The fourth-order valence-corrected chi connectivity index (χ4v) is 2.81. The van der Waals surface area contributed by atoms with Crippen LogP contribution in [0.4, 0.5) is 0 Å². The highest BCUT2D eigenvalue weighted by Gasteiger charge is 2.26. The molecule has 0 radical (unpaired) electrons. The second kappa shape index (κ2) is 6.22. The van der Waals surface area contributed by atoms with Gasteiger partial charge < -0.3 is 14.2 Å². The van der Waals surface area contributed by atoms with E-state index < -0.39 is 0 Å². The first-order chi connectivity index (χ1) is 10.7. The molecule has 0 N–H and O–H groups in total. The zero-order valence-electron chi connectivity index (χ0n) is 12.9. The highest BCUT2D eigenvalue weighted by atomic mass is 16.5. The first-order valence-electron chi connectivity index (χ1n) is 7.61. The van der Waals surface area contributed by atoms with Gasteiger partial charge in [0.15, 0.2) is 11.5 Å². The monoisotopic (exact) mass is 300 g/mol. The maximum Gasteiger partial charge on any atom is 0.276 e. The molecule has 1 aromatic carbocycles. The average molecular weight is 300 g/mol. The highest BCUT2D eigenvalue weighted by Crippen LogP contribution is 2.25. The van der Waals surface area contributed by atoms with Crippen LogP contribution >= 0.6 is 0 Å². The maximum atomic E-state index is 12.5. The van der Waals surface area contributed by atoms with Crippen LogP contribution in [0.1, 0.15) is 36.7 Å². The summed E-state index contributed by atoms with van der Waals surface area (Å²) in [4.78, 5) is 14.4. The third kappa shape index (κ3) is 2.84. The van der Waals surface area contributed by atoms with Crippen molar-refractivity contribution in [2.75, 3.05) is 13.7 Å². The smallest absolute Gasteiger partial charge is 0.276 e. The van der Waals surface area contributed by atoms with Crippen molar-refractivity contribution in [3.63, 3.8) is 0 Å². The number of ether oxygens (including phenoxy) is 1. The summed E-state index contributed by atoms with van der Waals surface area (Å²) in [6.07, 6.45) is 3.29. The van der Waals surface area contributed by atoms with Gasteiger partial charge in [-0.2, -0.15) is 0 Å². The molecule has 2 aromatic rings. The molecule has 5 nitrogen and oxygen atoms in total. The number of methoxy groups -OCH3 is 1. The molecular weight excluding hydrogens is 280 g/mol. The van der Waals surface area contributed by atoms with Crippen molar-refractivity contribution in [3.8, 4) is 17.1 Å². The van der Waals surface area contributed by atoms with E-state index in [2.05, 4.69) is 12.1 Å². The van der Waals surface area contributed by atoms with E-state index in [1.807, 2.05) is 29.2 Å². The number of piperidine rings is 1. The van der Waals surface area contributed by atoms with E-state index in [1.54, 1.807) is 13.2 Å². The summed E-state index contributed by atoms with van der Waals surface area (Å²) >= 11 is 0. The van der Waals surface area contributed by atoms with Crippen molar-refractivity contribution in [1.82, 2.24) is 10.1 Å². The summed E-state index contributed by atoms with van der Waals surface area (Å²) in [5, 5.41) is 3.95. The number of nitrogens with zero attached hydrogens (tertiary/aromatic N) is 2. The van der Waals surface area contributed by atoms with Crippen LogP contribution in [0.3, 0.4) is 0 Å². The third-order valence-corrected chi connectivity index (χ3v) is 4.17. The van der Waals surface area contributed by atoms with Crippen molar-refractivity contribution in [2.24, 2.45) is 0 Å². The highest BCUT2D eigenvalue weighted by molar-refractivity contribution is 5.93. The minimum atomic E-state index is -0.0456. The average Bonchev–Trinajstić information content (AvgIpc) is 3.05. The van der Waals surface area contributed by atoms with Crippen molar-refractivity contribution in [2.45, 2.75) is 32.2 Å². The number of aromatic nitrogens is 1. The Balaban J connectivity index is 1.79. The molecule has 1 aromatic heterocycles. The van der Waals surface area contributed by atoms with E-state index in [0.29, 0.717) is 11.5 Å². The minimum Gasteiger partial charge on any atom is -0.497 e. The fraction of sp³-hybridized carbons (Fsp3) is 0.412. The summed E-state index contributed by atoms with van der Waals surface area (Å²) in [6.45, 7) is 2.88. The quantitative estimate of drug-likeness (QED) is 0.872. The third-order valence-electron chi connectivity index (χ3n) is 4.17. The molecule has 0 spiro atoms. The van der Waals surface area contributed by atoms with Crippen LogP contribution in [0.5, 0.6) is 5.75 Å². The van der Waals surface area contributed by atoms with Gasteiger partial charge in [-0.1, -0.05) is 5.16 Å². The zero-order valence-corrected chi connectivity index (χ0v) is 12.9. The largest absolute Gasteiger partial charge is 0.497 e. The molecular formula is C17H20N2O3. The van der Waals surface area contributed by atoms with E-state index in [0.717, 1.165) is 30.7 Å². The minimum absolute atomic E-state index is 0.0456. The van der Waals surface area contributed by atoms with Crippen molar-refractivity contribution < 1.29 is 14.1 Å². The van der Waals surface area contributed by atoms with Crippen molar-refractivity contribution >= 4 is 5.91 Å². The molecule has 1 saturated heterocycles. The van der Waals surface area contributed by atoms with Gasteiger partial charge in [-0.25, -0.2) is 0 Å². The molecule has 5 heteroatoms. The molecule has 2 heterocycles. The fourth-order valence-electron chi connectivity index (χ4n) is 2.81. The Labute approximate surface area is 129 Å². The molecule has 1 atom stereocenters. The number of rotatable bonds is 3. The normalized spacial score (nSPS) is 18.3. The molecule has 3 rings (SSSR count). The Bertz CT molecular complexity index is 648. The Kier molecular flexibility index (Phi) is 4.13. The van der Waals surface area contributed by atoms with Gasteiger partial charge in [-0.15, -0.1) is 0 Å². The van der Waals surface area contributed by atoms with Crippen LogP contribution in [0, 0.1) is 0 Å². The summed E-state index contributed by atoms with van der Waals surface area (Å²) in [5.74, 6) is 1.33. The number of benzene rings is 1. The van der Waals surface area contributed by atoms with Gasteiger partial charge in [0.25, 0.3) is 5.91 Å². The van der Waals surface area contributed by atoms with Crippen LogP contribution in [0.2, 0.25) is 0 Å². The topological polar surface area (TPSA) is 55.6 Å². The first-order valence-corrected chi connectivity index (χ1v) is 7.61. The van der Waals surface area contributed by atoms with E-state index in [1.165, 1.54) is 6.42 Å². The van der Waals surface area contributed by atoms with Crippen LogP contribution in [-0.4, -0.2) is 35.7 Å². The standard InChI is InChI=1S/C17H20N2O3/c1-12-5-3-4-10-19(12)17(20)15-11-16(22-18-15)13-6-8-14(21-2)9-7-13/h6-9,11-12H,3-5,10H2,1-2H3. The number of hydrogen-bond donors (Lipinski definition) is 0. The molecule has 0 aliphatic carbocycles. The Morgan fingerprint density at radius 3 is 2.77 bits per heavy atom. The molecule has 1 amide bonds. The van der Waals surface area contributed by atoms with Gasteiger partial charge in [0, 0.05) is 24.2 Å². The predicted octanol–water partition coefficient (Wildman–Crippen LogP) is 3.36. The van der Waals surface area contributed by atoms with E-state index in [-0.39, 0.29) is 11.9 Å². The second-order valence-electron chi connectivity index (χ2n) is 5.65. The molecule has 1 aliphatic heterocycles. The van der Waals surface area contributed by atoms with Crippen LogP contribution < -0.4 is 4.74 Å². The SMILES string of the molecule is COc1ccc(-c2cc(C(=O)N3CCCCC3C)no2)cc1. The molecule has 116 valence electrons. The maximum absolute atomic E-state index is 12.5. The molecule has 0 bridgehead atoms. The molecule has 1 unspecified atom stereocenters. The molecule has 1 fully saturated rings. The molecule has 22 heavy (non-hydrogen) atoms. The van der Waals surface area contributed by atoms with Gasteiger partial charge in [0.1, 0.15) is 5.75 Å². The number of likely N-dealkylation sites (tertiary alicyclic amines) is 1. The van der Waals surface area contributed by atoms with Gasteiger partial charge in [0.05, 0.1) is 7.11 Å². The van der Waals surface area contributed by atoms with Gasteiger partial charge in [0.2, 0.25) is 0 Å². The summed E-state index contributed by atoms with van der Waals surface area (Å²) in [5.41, 5.74) is 1.25. The van der Waals surface area contributed by atoms with E-state index >= 15 is 0 Å². The van der Waals surface area contributed by atoms with E-state index in [9.17, 15) is 4.79 Å². The van der Waals surface area contributed by atoms with Crippen LogP contribution in [0.25, 0.3) is 11.3 Å². The summed E-state index contributed by atoms with van der Waals surface area (Å²) < 4.78 is 10.5. The first kappa shape index (κ1) is 14.6. The Morgan fingerprint density at radius 2 is 2.09 bits per heavy atom. The van der Waals surface area contributed by atoms with Gasteiger partial charge in [-0.3, -0.25) is 4.79 Å². The Hall–Kier alpha value is -2.30. The lowest BCUT2D eigenvalue weighted by atomic mass is 10.0. The van der Waals surface area contributed by atoms with Gasteiger partial charge >= 0.3 is 0 Å².